The molecule has 1 aromatic carbocycles. The van der Waals surface area contributed by atoms with Crippen molar-refractivity contribution in [1.82, 2.24) is 9.97 Å². The first-order valence-electron chi connectivity index (χ1n) is 8.86. The van der Waals surface area contributed by atoms with Crippen LogP contribution in [0.3, 0.4) is 0 Å². The molecule has 4 rings (SSSR count). The molecule has 5 heteroatoms. The van der Waals surface area contributed by atoms with Crippen LogP contribution in [0.15, 0.2) is 30.3 Å². The lowest BCUT2D eigenvalue weighted by atomic mass is 10.2. The van der Waals surface area contributed by atoms with Crippen LogP contribution in [0, 0.1) is 13.8 Å². The minimum atomic E-state index is 0.581. The highest BCUT2D eigenvalue weighted by atomic mass is 15.3. The Hall–Kier alpha value is -2.30. The lowest BCUT2D eigenvalue weighted by molar-refractivity contribution is 0.646. The SMILES string of the molecule is Cc1cccc(N2CCN(c3cc(C)nc(NC4CC4)n3)CC2)c1. The Bertz CT molecular complexity index is 717. The van der Waals surface area contributed by atoms with Gasteiger partial charge in [-0.15, -0.1) is 0 Å². The van der Waals surface area contributed by atoms with Crippen LogP contribution >= 0.6 is 0 Å². The Labute approximate surface area is 143 Å². The smallest absolute Gasteiger partial charge is 0.225 e. The molecule has 1 N–H and O–H groups in total. The fourth-order valence-electron chi connectivity index (χ4n) is 3.21. The molecule has 0 spiro atoms. The molecule has 0 radical (unpaired) electrons. The van der Waals surface area contributed by atoms with E-state index in [0.29, 0.717) is 6.04 Å². The Morgan fingerprint density at radius 3 is 2.42 bits per heavy atom. The van der Waals surface area contributed by atoms with Crippen LogP contribution in [-0.4, -0.2) is 42.2 Å². The van der Waals surface area contributed by atoms with Gasteiger partial charge in [0.1, 0.15) is 5.82 Å². The van der Waals surface area contributed by atoms with Crippen LogP contribution in [0.25, 0.3) is 0 Å². The molecule has 0 atom stereocenters. The van der Waals surface area contributed by atoms with E-state index >= 15 is 0 Å². The van der Waals surface area contributed by atoms with Crippen molar-refractivity contribution >= 4 is 17.5 Å². The van der Waals surface area contributed by atoms with Crippen LogP contribution in [0.2, 0.25) is 0 Å². The molecule has 1 saturated carbocycles. The van der Waals surface area contributed by atoms with Gasteiger partial charge in [0.2, 0.25) is 5.95 Å². The third kappa shape index (κ3) is 3.45. The first-order chi connectivity index (χ1) is 11.7. The molecule has 5 nitrogen and oxygen atoms in total. The monoisotopic (exact) mass is 323 g/mol. The zero-order chi connectivity index (χ0) is 16.5. The van der Waals surface area contributed by atoms with Crippen molar-refractivity contribution in [2.24, 2.45) is 0 Å². The third-order valence-electron chi connectivity index (χ3n) is 4.72. The number of piperazine rings is 1. The number of anilines is 3. The maximum atomic E-state index is 4.73. The van der Waals surface area contributed by atoms with E-state index in [1.165, 1.54) is 24.1 Å². The Balaban J connectivity index is 1.44. The van der Waals surface area contributed by atoms with Crippen LogP contribution in [0.1, 0.15) is 24.1 Å². The quantitative estimate of drug-likeness (QED) is 0.937. The summed E-state index contributed by atoms with van der Waals surface area (Å²) in [4.78, 5) is 14.1. The maximum Gasteiger partial charge on any atom is 0.225 e. The van der Waals surface area contributed by atoms with E-state index in [2.05, 4.69) is 57.4 Å². The second-order valence-corrected chi connectivity index (χ2v) is 6.92. The number of benzene rings is 1. The van der Waals surface area contributed by atoms with Crippen LogP contribution in [0.5, 0.6) is 0 Å². The van der Waals surface area contributed by atoms with Gasteiger partial charge in [0, 0.05) is 49.7 Å². The van der Waals surface area contributed by atoms with Gasteiger partial charge in [-0.3, -0.25) is 0 Å². The number of rotatable bonds is 4. The number of aryl methyl sites for hydroxylation is 2. The van der Waals surface area contributed by atoms with Gasteiger partial charge in [-0.25, -0.2) is 4.98 Å². The van der Waals surface area contributed by atoms with E-state index < -0.39 is 0 Å². The van der Waals surface area contributed by atoms with Gasteiger partial charge in [-0.05, 0) is 44.4 Å². The van der Waals surface area contributed by atoms with Crippen LogP contribution in [-0.2, 0) is 0 Å². The predicted octanol–water partition coefficient (Wildman–Crippen LogP) is 2.99. The Kier molecular flexibility index (Phi) is 4.00. The first-order valence-corrected chi connectivity index (χ1v) is 8.86. The van der Waals surface area contributed by atoms with Gasteiger partial charge in [-0.1, -0.05) is 12.1 Å². The highest BCUT2D eigenvalue weighted by molar-refractivity contribution is 5.52. The number of nitrogens with zero attached hydrogens (tertiary/aromatic N) is 4. The fourth-order valence-corrected chi connectivity index (χ4v) is 3.21. The van der Waals surface area contributed by atoms with Gasteiger partial charge < -0.3 is 15.1 Å². The zero-order valence-corrected chi connectivity index (χ0v) is 14.5. The molecule has 1 aliphatic carbocycles. The number of hydrogen-bond donors (Lipinski definition) is 1. The van der Waals surface area contributed by atoms with Gasteiger partial charge in [0.25, 0.3) is 0 Å². The van der Waals surface area contributed by atoms with Gasteiger partial charge in [0.05, 0.1) is 0 Å². The lowest BCUT2D eigenvalue weighted by Crippen LogP contribution is -2.47. The van der Waals surface area contributed by atoms with Crippen LogP contribution < -0.4 is 15.1 Å². The van der Waals surface area contributed by atoms with Gasteiger partial charge >= 0.3 is 0 Å². The van der Waals surface area contributed by atoms with Crippen molar-refractivity contribution in [3.05, 3.63) is 41.6 Å². The van der Waals surface area contributed by atoms with Gasteiger partial charge in [0.15, 0.2) is 0 Å². The largest absolute Gasteiger partial charge is 0.368 e. The van der Waals surface area contributed by atoms with E-state index in [1.54, 1.807) is 0 Å². The Morgan fingerprint density at radius 1 is 0.958 bits per heavy atom. The lowest BCUT2D eigenvalue weighted by Gasteiger charge is -2.37. The number of nitrogens with one attached hydrogen (secondary N) is 1. The molecule has 0 unspecified atom stereocenters. The summed E-state index contributed by atoms with van der Waals surface area (Å²) in [6.07, 6.45) is 2.48. The standard InChI is InChI=1S/C19H25N5/c1-14-4-3-5-17(12-14)23-8-10-24(11-9-23)18-13-15(2)20-19(22-18)21-16-6-7-16/h3-5,12-13,16H,6-11H2,1-2H3,(H,20,21,22). The molecule has 2 aliphatic rings. The van der Waals surface area contributed by atoms with E-state index in [1.807, 2.05) is 6.92 Å². The summed E-state index contributed by atoms with van der Waals surface area (Å²) in [5, 5.41) is 3.42. The van der Waals surface area contributed by atoms with Crippen molar-refractivity contribution in [3.8, 4) is 0 Å². The van der Waals surface area contributed by atoms with E-state index in [-0.39, 0.29) is 0 Å². The molecule has 2 heterocycles. The Morgan fingerprint density at radius 2 is 1.71 bits per heavy atom. The maximum absolute atomic E-state index is 4.73. The molecule has 0 amide bonds. The minimum absolute atomic E-state index is 0.581. The van der Waals surface area contributed by atoms with Crippen molar-refractivity contribution in [2.75, 3.05) is 41.3 Å². The summed E-state index contributed by atoms with van der Waals surface area (Å²) in [6.45, 7) is 8.24. The summed E-state index contributed by atoms with van der Waals surface area (Å²) < 4.78 is 0. The van der Waals surface area contributed by atoms with E-state index in [0.717, 1.165) is 43.6 Å². The molecular weight excluding hydrogens is 298 g/mol. The molecule has 1 aromatic heterocycles. The van der Waals surface area contributed by atoms with Gasteiger partial charge in [-0.2, -0.15) is 4.98 Å². The average Bonchev–Trinajstić information content (AvgIpc) is 3.38. The predicted molar refractivity (Wildman–Crippen MR) is 99.0 cm³/mol. The minimum Gasteiger partial charge on any atom is -0.368 e. The summed E-state index contributed by atoms with van der Waals surface area (Å²) in [5.41, 5.74) is 3.67. The summed E-state index contributed by atoms with van der Waals surface area (Å²) in [6, 6.07) is 11.4. The number of hydrogen-bond acceptors (Lipinski definition) is 5. The van der Waals surface area contributed by atoms with Crippen molar-refractivity contribution in [3.63, 3.8) is 0 Å². The second kappa shape index (κ2) is 6.30. The number of aromatic nitrogens is 2. The van der Waals surface area contributed by atoms with Crippen molar-refractivity contribution < 1.29 is 0 Å². The van der Waals surface area contributed by atoms with Crippen LogP contribution in [0.4, 0.5) is 17.5 Å². The molecular formula is C19H25N5. The first kappa shape index (κ1) is 15.2. The molecule has 0 bridgehead atoms. The summed E-state index contributed by atoms with van der Waals surface area (Å²) >= 11 is 0. The molecule has 24 heavy (non-hydrogen) atoms. The topological polar surface area (TPSA) is 44.3 Å². The summed E-state index contributed by atoms with van der Waals surface area (Å²) in [5.74, 6) is 1.84. The molecule has 1 saturated heterocycles. The molecule has 1 aliphatic heterocycles. The average molecular weight is 323 g/mol. The zero-order valence-electron chi connectivity index (χ0n) is 14.5. The fraction of sp³-hybridized carbons (Fsp3) is 0.474. The van der Waals surface area contributed by atoms with Crippen molar-refractivity contribution in [1.29, 1.82) is 0 Å². The normalized spacial score (nSPS) is 17.9. The third-order valence-corrected chi connectivity index (χ3v) is 4.72. The molecule has 2 aromatic rings. The highest BCUT2D eigenvalue weighted by Gasteiger charge is 2.23. The van der Waals surface area contributed by atoms with E-state index in [9.17, 15) is 0 Å². The van der Waals surface area contributed by atoms with Crippen molar-refractivity contribution in [2.45, 2.75) is 32.7 Å². The second-order valence-electron chi connectivity index (χ2n) is 6.92. The summed E-state index contributed by atoms with van der Waals surface area (Å²) in [7, 11) is 0. The molecule has 126 valence electrons. The highest BCUT2D eigenvalue weighted by Crippen LogP contribution is 2.25. The molecule has 2 fully saturated rings. The van der Waals surface area contributed by atoms with E-state index in [4.69, 9.17) is 4.98 Å².